The molecule has 2 heterocycles. The van der Waals surface area contributed by atoms with Crippen molar-refractivity contribution in [1.82, 2.24) is 4.90 Å². The molecule has 2 aromatic rings. The number of nitrogens with zero attached hydrogens (tertiary/aromatic N) is 1. The van der Waals surface area contributed by atoms with Crippen molar-refractivity contribution in [3.63, 3.8) is 0 Å². The summed E-state index contributed by atoms with van der Waals surface area (Å²) in [4.78, 5) is 14.0. The molecule has 1 aromatic heterocycles. The average Bonchev–Trinajstić information content (AvgIpc) is 3.06. The zero-order valence-corrected chi connectivity index (χ0v) is 11.2. The zero-order chi connectivity index (χ0) is 12.4. The molecule has 0 atom stereocenters. The molecular weight excluding hydrogens is 242 g/mol. The number of carbonyl (C=O) groups is 1. The van der Waals surface area contributed by atoms with Gasteiger partial charge in [0, 0.05) is 24.2 Å². The van der Waals surface area contributed by atoms with Crippen molar-refractivity contribution >= 4 is 27.3 Å². The summed E-state index contributed by atoms with van der Waals surface area (Å²) in [6, 6.07) is 8.44. The molecule has 3 rings (SSSR count). The van der Waals surface area contributed by atoms with Crippen LogP contribution in [-0.4, -0.2) is 23.9 Å². The molecule has 1 saturated heterocycles. The van der Waals surface area contributed by atoms with Crippen LogP contribution in [0.1, 0.15) is 24.8 Å². The topological polar surface area (TPSA) is 20.3 Å². The van der Waals surface area contributed by atoms with E-state index in [9.17, 15) is 4.79 Å². The van der Waals surface area contributed by atoms with Gasteiger partial charge in [-0.1, -0.05) is 18.2 Å². The number of thiophene rings is 1. The highest BCUT2D eigenvalue weighted by molar-refractivity contribution is 7.17. The number of hydrogen-bond donors (Lipinski definition) is 0. The minimum absolute atomic E-state index is 0.322. The van der Waals surface area contributed by atoms with E-state index in [0.717, 1.165) is 19.5 Å². The molecule has 0 bridgehead atoms. The third-order valence-corrected chi connectivity index (χ3v) is 4.64. The minimum Gasteiger partial charge on any atom is -0.343 e. The Balaban J connectivity index is 1.67. The number of hydrogen-bond acceptors (Lipinski definition) is 2. The Morgan fingerprint density at radius 2 is 2.00 bits per heavy atom. The first-order chi connectivity index (χ1) is 8.84. The summed E-state index contributed by atoms with van der Waals surface area (Å²) in [6.07, 6.45) is 3.88. The number of benzene rings is 1. The van der Waals surface area contributed by atoms with E-state index in [1.54, 1.807) is 11.3 Å². The van der Waals surface area contributed by atoms with Crippen LogP contribution in [0, 0.1) is 0 Å². The summed E-state index contributed by atoms with van der Waals surface area (Å²) in [5, 5.41) is 3.51. The van der Waals surface area contributed by atoms with E-state index in [4.69, 9.17) is 0 Å². The number of amides is 1. The Morgan fingerprint density at radius 1 is 1.22 bits per heavy atom. The van der Waals surface area contributed by atoms with Crippen molar-refractivity contribution in [2.75, 3.05) is 13.1 Å². The lowest BCUT2D eigenvalue weighted by Crippen LogP contribution is -2.27. The van der Waals surface area contributed by atoms with Crippen LogP contribution in [0.15, 0.2) is 29.6 Å². The number of rotatable bonds is 3. The lowest BCUT2D eigenvalue weighted by atomic mass is 10.1. The smallest absolute Gasteiger partial charge is 0.222 e. The van der Waals surface area contributed by atoms with Crippen molar-refractivity contribution in [2.45, 2.75) is 25.7 Å². The third-order valence-electron chi connectivity index (χ3n) is 3.63. The Kier molecular flexibility index (Phi) is 3.33. The summed E-state index contributed by atoms with van der Waals surface area (Å²) in [7, 11) is 0. The molecule has 0 spiro atoms. The van der Waals surface area contributed by atoms with Crippen molar-refractivity contribution in [3.8, 4) is 0 Å². The van der Waals surface area contributed by atoms with Gasteiger partial charge in [-0.3, -0.25) is 4.79 Å². The van der Waals surface area contributed by atoms with Gasteiger partial charge in [-0.2, -0.15) is 0 Å². The van der Waals surface area contributed by atoms with Crippen LogP contribution in [0.3, 0.4) is 0 Å². The third kappa shape index (κ3) is 2.27. The van der Waals surface area contributed by atoms with Crippen molar-refractivity contribution < 1.29 is 4.79 Å². The lowest BCUT2D eigenvalue weighted by molar-refractivity contribution is -0.130. The van der Waals surface area contributed by atoms with Gasteiger partial charge in [-0.15, -0.1) is 11.3 Å². The fourth-order valence-corrected chi connectivity index (χ4v) is 3.59. The Morgan fingerprint density at radius 3 is 2.83 bits per heavy atom. The lowest BCUT2D eigenvalue weighted by Gasteiger charge is -2.14. The normalized spacial score (nSPS) is 15.4. The van der Waals surface area contributed by atoms with Crippen molar-refractivity contribution in [1.29, 1.82) is 0 Å². The van der Waals surface area contributed by atoms with Crippen LogP contribution in [-0.2, 0) is 11.2 Å². The summed E-state index contributed by atoms with van der Waals surface area (Å²) in [6.45, 7) is 1.92. The monoisotopic (exact) mass is 259 g/mol. The maximum Gasteiger partial charge on any atom is 0.222 e. The van der Waals surface area contributed by atoms with Crippen LogP contribution in [0.2, 0.25) is 0 Å². The van der Waals surface area contributed by atoms with Gasteiger partial charge < -0.3 is 4.90 Å². The summed E-state index contributed by atoms with van der Waals surface area (Å²) in [5.74, 6) is 0.322. The number of likely N-dealkylation sites (tertiary alicyclic amines) is 1. The van der Waals surface area contributed by atoms with Crippen LogP contribution in [0.25, 0.3) is 10.1 Å². The molecule has 18 heavy (non-hydrogen) atoms. The maximum atomic E-state index is 12.0. The molecule has 0 radical (unpaired) electrons. The molecule has 0 saturated carbocycles. The second-order valence-corrected chi connectivity index (χ2v) is 5.76. The van der Waals surface area contributed by atoms with E-state index < -0.39 is 0 Å². The summed E-state index contributed by atoms with van der Waals surface area (Å²) in [5.41, 5.74) is 1.32. The molecule has 0 N–H and O–H groups in total. The fraction of sp³-hybridized carbons (Fsp3) is 0.400. The number of aryl methyl sites for hydroxylation is 1. The predicted molar refractivity (Wildman–Crippen MR) is 76.0 cm³/mol. The van der Waals surface area contributed by atoms with E-state index in [0.29, 0.717) is 12.3 Å². The molecular formula is C15H17NOS. The standard InChI is InChI=1S/C15H17NOS/c17-15(16-9-3-4-10-16)8-7-12-11-18-14-6-2-1-5-13(12)14/h1-2,5-6,11H,3-4,7-10H2. The van der Waals surface area contributed by atoms with Gasteiger partial charge in [-0.25, -0.2) is 0 Å². The molecule has 0 unspecified atom stereocenters. The highest BCUT2D eigenvalue weighted by Gasteiger charge is 2.17. The summed E-state index contributed by atoms with van der Waals surface area (Å²) >= 11 is 1.77. The zero-order valence-electron chi connectivity index (χ0n) is 10.4. The van der Waals surface area contributed by atoms with E-state index in [-0.39, 0.29) is 0 Å². The van der Waals surface area contributed by atoms with Crippen molar-refractivity contribution in [3.05, 3.63) is 35.2 Å². The van der Waals surface area contributed by atoms with Gasteiger partial charge >= 0.3 is 0 Å². The first kappa shape index (κ1) is 11.7. The average molecular weight is 259 g/mol. The number of fused-ring (bicyclic) bond motifs is 1. The molecule has 1 aliphatic rings. The SMILES string of the molecule is O=C(CCc1csc2ccccc12)N1CCCC1. The van der Waals surface area contributed by atoms with Crippen LogP contribution >= 0.6 is 11.3 Å². The molecule has 0 aliphatic carbocycles. The van der Waals surface area contributed by atoms with E-state index in [2.05, 4.69) is 29.6 Å². The highest BCUT2D eigenvalue weighted by atomic mass is 32.1. The molecule has 1 aliphatic heterocycles. The Hall–Kier alpha value is -1.35. The second-order valence-electron chi connectivity index (χ2n) is 4.84. The van der Waals surface area contributed by atoms with E-state index in [1.165, 1.54) is 28.5 Å². The van der Waals surface area contributed by atoms with Crippen LogP contribution in [0.4, 0.5) is 0 Å². The molecule has 1 aromatic carbocycles. The summed E-state index contributed by atoms with van der Waals surface area (Å²) < 4.78 is 1.32. The minimum atomic E-state index is 0.322. The Bertz CT molecular complexity index is 554. The second kappa shape index (κ2) is 5.11. The quantitative estimate of drug-likeness (QED) is 0.826. The molecule has 94 valence electrons. The van der Waals surface area contributed by atoms with Gasteiger partial charge in [0.05, 0.1) is 0 Å². The predicted octanol–water partition coefficient (Wildman–Crippen LogP) is 3.46. The van der Waals surface area contributed by atoms with Crippen LogP contribution in [0.5, 0.6) is 0 Å². The van der Waals surface area contributed by atoms with Gasteiger partial charge in [0.25, 0.3) is 0 Å². The number of carbonyl (C=O) groups excluding carboxylic acids is 1. The first-order valence-corrected chi connectivity index (χ1v) is 7.45. The highest BCUT2D eigenvalue weighted by Crippen LogP contribution is 2.26. The van der Waals surface area contributed by atoms with E-state index >= 15 is 0 Å². The van der Waals surface area contributed by atoms with Gasteiger partial charge in [0.2, 0.25) is 5.91 Å². The fourth-order valence-electron chi connectivity index (χ4n) is 2.59. The molecule has 2 nitrogen and oxygen atoms in total. The van der Waals surface area contributed by atoms with E-state index in [1.807, 2.05) is 4.90 Å². The maximum absolute atomic E-state index is 12.0. The Labute approximate surface area is 111 Å². The first-order valence-electron chi connectivity index (χ1n) is 6.57. The molecule has 3 heteroatoms. The van der Waals surface area contributed by atoms with Gasteiger partial charge in [0.15, 0.2) is 0 Å². The molecule has 1 amide bonds. The molecule has 1 fully saturated rings. The van der Waals surface area contributed by atoms with Gasteiger partial charge in [-0.05, 0) is 41.7 Å². The largest absolute Gasteiger partial charge is 0.343 e. The van der Waals surface area contributed by atoms with Gasteiger partial charge in [0.1, 0.15) is 0 Å². The van der Waals surface area contributed by atoms with Crippen molar-refractivity contribution in [2.24, 2.45) is 0 Å². The van der Waals surface area contributed by atoms with Crippen LogP contribution < -0.4 is 0 Å².